The van der Waals surface area contributed by atoms with Gasteiger partial charge in [0.2, 0.25) is 0 Å². The highest BCUT2D eigenvalue weighted by atomic mass is 35.5. The van der Waals surface area contributed by atoms with Crippen molar-refractivity contribution in [3.05, 3.63) is 41.7 Å². The van der Waals surface area contributed by atoms with Crippen molar-refractivity contribution < 1.29 is 0 Å². The molecule has 0 unspecified atom stereocenters. The first-order valence-electron chi connectivity index (χ1n) is 3.72. The Morgan fingerprint density at radius 3 is 3.08 bits per heavy atom. The average molecular weight is 183 g/mol. The lowest BCUT2D eigenvalue weighted by atomic mass is 10.1. The molecule has 0 aliphatic rings. The molecule has 0 saturated carbocycles. The first-order valence-corrected chi connectivity index (χ1v) is 4.10. The number of aromatic nitrogens is 1. The number of nitrogens with two attached hydrogens (primary N) is 1. The van der Waals surface area contributed by atoms with Gasteiger partial charge in [-0.05, 0) is 12.5 Å². The maximum absolute atomic E-state index is 5.83. The highest BCUT2D eigenvalue weighted by Crippen LogP contribution is 2.20. The van der Waals surface area contributed by atoms with Gasteiger partial charge in [-0.25, -0.2) is 4.98 Å². The second-order valence-electron chi connectivity index (χ2n) is 2.51. The van der Waals surface area contributed by atoms with E-state index in [2.05, 4.69) is 11.6 Å². The Morgan fingerprint density at radius 1 is 1.75 bits per heavy atom. The van der Waals surface area contributed by atoms with Crippen LogP contribution < -0.4 is 5.73 Å². The normalized spacial score (nSPS) is 12.5. The van der Waals surface area contributed by atoms with Crippen molar-refractivity contribution >= 4 is 11.6 Å². The Morgan fingerprint density at radius 2 is 2.50 bits per heavy atom. The lowest BCUT2D eigenvalue weighted by molar-refractivity contribution is 0.738. The van der Waals surface area contributed by atoms with Gasteiger partial charge in [0.1, 0.15) is 5.15 Å². The van der Waals surface area contributed by atoms with Gasteiger partial charge in [0, 0.05) is 17.8 Å². The molecule has 0 aliphatic heterocycles. The number of hydrogen-bond donors (Lipinski definition) is 1. The van der Waals surface area contributed by atoms with Crippen LogP contribution in [0.15, 0.2) is 31.0 Å². The van der Waals surface area contributed by atoms with Gasteiger partial charge in [0.15, 0.2) is 0 Å². The first-order chi connectivity index (χ1) is 5.75. The van der Waals surface area contributed by atoms with Crippen molar-refractivity contribution in [2.75, 3.05) is 0 Å². The number of halogens is 1. The second kappa shape index (κ2) is 4.24. The molecule has 1 atom stereocenters. The van der Waals surface area contributed by atoms with E-state index in [4.69, 9.17) is 17.3 Å². The number of hydrogen-bond acceptors (Lipinski definition) is 2. The van der Waals surface area contributed by atoms with E-state index in [1.54, 1.807) is 12.3 Å². The van der Waals surface area contributed by atoms with E-state index in [1.807, 2.05) is 12.1 Å². The fourth-order valence-electron chi connectivity index (χ4n) is 0.982. The van der Waals surface area contributed by atoms with Gasteiger partial charge in [-0.2, -0.15) is 0 Å². The van der Waals surface area contributed by atoms with Gasteiger partial charge in [0.05, 0.1) is 0 Å². The van der Waals surface area contributed by atoms with Crippen LogP contribution in [0.1, 0.15) is 18.0 Å². The predicted octanol–water partition coefficient (Wildman–Crippen LogP) is 2.31. The molecule has 0 saturated heterocycles. The van der Waals surface area contributed by atoms with Crippen molar-refractivity contribution in [2.24, 2.45) is 5.73 Å². The minimum Gasteiger partial charge on any atom is -0.324 e. The Bertz CT molecular complexity index is 273. The molecule has 64 valence electrons. The summed E-state index contributed by atoms with van der Waals surface area (Å²) in [5.41, 5.74) is 6.68. The van der Waals surface area contributed by atoms with Crippen LogP contribution in [-0.2, 0) is 0 Å². The summed E-state index contributed by atoms with van der Waals surface area (Å²) in [5, 5.41) is 0.479. The molecule has 0 aliphatic carbocycles. The molecule has 0 spiro atoms. The molecule has 1 aromatic heterocycles. The summed E-state index contributed by atoms with van der Waals surface area (Å²) in [6, 6.07) is 3.61. The molecular weight excluding hydrogens is 172 g/mol. The molecule has 1 rings (SSSR count). The summed E-state index contributed by atoms with van der Waals surface area (Å²) in [6.45, 7) is 3.61. The van der Waals surface area contributed by atoms with Gasteiger partial charge in [-0.3, -0.25) is 0 Å². The lowest BCUT2D eigenvalue weighted by Gasteiger charge is -2.09. The summed E-state index contributed by atoms with van der Waals surface area (Å²) in [6.07, 6.45) is 4.13. The van der Waals surface area contributed by atoms with Crippen LogP contribution in [0.5, 0.6) is 0 Å². The number of nitrogens with zero attached hydrogens (tertiary/aromatic N) is 1. The van der Waals surface area contributed by atoms with Crippen LogP contribution in [0.2, 0.25) is 5.15 Å². The smallest absolute Gasteiger partial charge is 0.133 e. The zero-order valence-electron chi connectivity index (χ0n) is 6.70. The van der Waals surface area contributed by atoms with Crippen LogP contribution in [0.3, 0.4) is 0 Å². The summed E-state index contributed by atoms with van der Waals surface area (Å²) in [4.78, 5) is 3.93. The van der Waals surface area contributed by atoms with Crippen molar-refractivity contribution in [3.8, 4) is 0 Å². The Labute approximate surface area is 77.1 Å². The summed E-state index contributed by atoms with van der Waals surface area (Å²) >= 11 is 5.83. The van der Waals surface area contributed by atoms with Crippen molar-refractivity contribution in [3.63, 3.8) is 0 Å². The van der Waals surface area contributed by atoms with Gasteiger partial charge in [-0.15, -0.1) is 6.58 Å². The zero-order valence-corrected chi connectivity index (χ0v) is 7.46. The van der Waals surface area contributed by atoms with Crippen molar-refractivity contribution in [2.45, 2.75) is 12.5 Å². The maximum Gasteiger partial charge on any atom is 0.133 e. The van der Waals surface area contributed by atoms with E-state index in [9.17, 15) is 0 Å². The molecule has 1 heterocycles. The highest BCUT2D eigenvalue weighted by Gasteiger charge is 2.07. The van der Waals surface area contributed by atoms with Crippen molar-refractivity contribution in [1.29, 1.82) is 0 Å². The predicted molar refractivity (Wildman–Crippen MR) is 51.0 cm³/mol. The van der Waals surface area contributed by atoms with E-state index < -0.39 is 0 Å². The summed E-state index contributed by atoms with van der Waals surface area (Å²) < 4.78 is 0. The first kappa shape index (κ1) is 9.23. The SMILES string of the molecule is C=CC[C@@H](N)c1cccnc1Cl. The number of rotatable bonds is 3. The second-order valence-corrected chi connectivity index (χ2v) is 2.87. The third-order valence-electron chi connectivity index (χ3n) is 1.61. The van der Waals surface area contributed by atoms with Crippen LogP contribution in [0.4, 0.5) is 0 Å². The van der Waals surface area contributed by atoms with E-state index >= 15 is 0 Å². The maximum atomic E-state index is 5.83. The van der Waals surface area contributed by atoms with E-state index in [1.165, 1.54) is 0 Å². The van der Waals surface area contributed by atoms with Crippen LogP contribution in [-0.4, -0.2) is 4.98 Å². The van der Waals surface area contributed by atoms with Gasteiger partial charge < -0.3 is 5.73 Å². The molecule has 0 amide bonds. The topological polar surface area (TPSA) is 38.9 Å². The molecule has 0 fully saturated rings. The fraction of sp³-hybridized carbons (Fsp3) is 0.222. The highest BCUT2D eigenvalue weighted by molar-refractivity contribution is 6.30. The monoisotopic (exact) mass is 182 g/mol. The van der Waals surface area contributed by atoms with E-state index in [0.29, 0.717) is 11.6 Å². The molecule has 2 N–H and O–H groups in total. The van der Waals surface area contributed by atoms with Crippen LogP contribution in [0.25, 0.3) is 0 Å². The molecule has 2 nitrogen and oxygen atoms in total. The fourth-order valence-corrected chi connectivity index (χ4v) is 1.24. The zero-order chi connectivity index (χ0) is 8.97. The summed E-state index contributed by atoms with van der Waals surface area (Å²) in [5.74, 6) is 0. The standard InChI is InChI=1S/C9H11ClN2/c1-2-4-8(11)7-5-3-6-12-9(7)10/h2-3,5-6,8H,1,4,11H2/t8-/m1/s1. The Balaban J connectivity index is 2.86. The average Bonchev–Trinajstić information content (AvgIpc) is 2.05. The molecule has 0 radical (unpaired) electrons. The Hall–Kier alpha value is -0.860. The summed E-state index contributed by atoms with van der Waals surface area (Å²) in [7, 11) is 0. The molecule has 12 heavy (non-hydrogen) atoms. The van der Waals surface area contributed by atoms with Crippen molar-refractivity contribution in [1.82, 2.24) is 4.98 Å². The van der Waals surface area contributed by atoms with Gasteiger partial charge in [-0.1, -0.05) is 23.7 Å². The molecular formula is C9H11ClN2. The minimum absolute atomic E-state index is 0.0938. The minimum atomic E-state index is -0.0938. The number of pyridine rings is 1. The van der Waals surface area contributed by atoms with E-state index in [-0.39, 0.29) is 6.04 Å². The molecule has 0 aromatic carbocycles. The quantitative estimate of drug-likeness (QED) is 0.576. The van der Waals surface area contributed by atoms with E-state index in [0.717, 1.165) is 5.56 Å². The van der Waals surface area contributed by atoms with Crippen LogP contribution >= 0.6 is 11.6 Å². The largest absolute Gasteiger partial charge is 0.324 e. The van der Waals surface area contributed by atoms with Gasteiger partial charge >= 0.3 is 0 Å². The molecule has 1 aromatic rings. The molecule has 3 heteroatoms. The molecule has 0 bridgehead atoms. The third-order valence-corrected chi connectivity index (χ3v) is 1.92. The van der Waals surface area contributed by atoms with Gasteiger partial charge in [0.25, 0.3) is 0 Å². The third kappa shape index (κ3) is 2.06. The Kier molecular flexibility index (Phi) is 3.26. The van der Waals surface area contributed by atoms with Crippen LogP contribution in [0, 0.1) is 0 Å². The lowest BCUT2D eigenvalue weighted by Crippen LogP contribution is -2.09.